The molecule has 2 atom stereocenters. The van der Waals surface area contributed by atoms with Crippen LogP contribution < -0.4 is 5.56 Å². The number of nitrogens with zero attached hydrogens (tertiary/aromatic N) is 3. The number of fused-ring (bicyclic) bond motifs is 1. The Balaban J connectivity index is 1.55. The Morgan fingerprint density at radius 1 is 1.35 bits per heavy atom. The molecule has 2 aliphatic rings. The minimum absolute atomic E-state index is 0.0211. The van der Waals surface area contributed by atoms with Gasteiger partial charge in [0.05, 0.1) is 23.3 Å². The Hall–Kier alpha value is -1.86. The molecule has 6 nitrogen and oxygen atoms in total. The van der Waals surface area contributed by atoms with Gasteiger partial charge in [0.1, 0.15) is 6.54 Å². The number of benzene rings is 1. The van der Waals surface area contributed by atoms with E-state index in [9.17, 15) is 9.59 Å². The zero-order valence-electron chi connectivity index (χ0n) is 14.7. The third kappa shape index (κ3) is 3.64. The third-order valence-electron chi connectivity index (χ3n) is 5.13. The second kappa shape index (κ2) is 7.80. The minimum atomic E-state index is -0.165. The summed E-state index contributed by atoms with van der Waals surface area (Å²) in [5.41, 5.74) is 0.492. The van der Waals surface area contributed by atoms with Crippen molar-refractivity contribution in [2.24, 2.45) is 0 Å². The Morgan fingerprint density at radius 3 is 3.00 bits per heavy atom. The van der Waals surface area contributed by atoms with Crippen molar-refractivity contribution in [3.05, 3.63) is 40.9 Å². The Kier molecular flexibility index (Phi) is 5.26. The molecule has 0 radical (unpaired) electrons. The van der Waals surface area contributed by atoms with Crippen LogP contribution in [0.25, 0.3) is 10.9 Å². The quantitative estimate of drug-likeness (QED) is 0.801. The van der Waals surface area contributed by atoms with Crippen molar-refractivity contribution in [3.8, 4) is 0 Å². The van der Waals surface area contributed by atoms with E-state index in [1.54, 1.807) is 6.07 Å². The predicted octanol–water partition coefficient (Wildman–Crippen LogP) is 1.91. The first kappa shape index (κ1) is 17.5. The van der Waals surface area contributed by atoms with Gasteiger partial charge >= 0.3 is 0 Å². The van der Waals surface area contributed by atoms with Gasteiger partial charge in [0, 0.05) is 24.9 Å². The summed E-state index contributed by atoms with van der Waals surface area (Å²) in [6.07, 6.45) is 4.67. The van der Waals surface area contributed by atoms with Crippen LogP contribution in [0.3, 0.4) is 0 Å². The Labute approximate surface area is 156 Å². The van der Waals surface area contributed by atoms with E-state index in [1.807, 2.05) is 34.9 Å². The average molecular weight is 373 g/mol. The van der Waals surface area contributed by atoms with Crippen LogP contribution in [0.5, 0.6) is 0 Å². The molecule has 0 bridgehead atoms. The number of hydrogen-bond donors (Lipinski definition) is 0. The van der Waals surface area contributed by atoms with Crippen molar-refractivity contribution in [1.29, 1.82) is 0 Å². The van der Waals surface area contributed by atoms with Crippen molar-refractivity contribution in [2.45, 2.75) is 38.0 Å². The van der Waals surface area contributed by atoms with E-state index < -0.39 is 0 Å². The Morgan fingerprint density at radius 2 is 2.23 bits per heavy atom. The molecule has 1 amide bonds. The van der Waals surface area contributed by atoms with Gasteiger partial charge in [-0.3, -0.25) is 14.2 Å². The number of aromatic nitrogens is 2. The summed E-state index contributed by atoms with van der Waals surface area (Å²) in [5.74, 6) is 2.02. The second-order valence-corrected chi connectivity index (χ2v) is 8.04. The zero-order chi connectivity index (χ0) is 17.9. The molecule has 0 aliphatic carbocycles. The molecule has 2 fully saturated rings. The van der Waals surface area contributed by atoms with Crippen molar-refractivity contribution >= 4 is 28.6 Å². The highest BCUT2D eigenvalue weighted by molar-refractivity contribution is 7.99. The smallest absolute Gasteiger partial charge is 0.261 e. The lowest BCUT2D eigenvalue weighted by molar-refractivity contribution is -0.135. The molecular weight excluding hydrogens is 350 g/mol. The summed E-state index contributed by atoms with van der Waals surface area (Å²) in [6.45, 7) is 1.44. The fourth-order valence-corrected chi connectivity index (χ4v) is 4.91. The van der Waals surface area contributed by atoms with Crippen LogP contribution in [0, 0.1) is 0 Å². The first-order valence-corrected chi connectivity index (χ1v) is 10.3. The van der Waals surface area contributed by atoms with Crippen molar-refractivity contribution in [2.75, 3.05) is 24.7 Å². The van der Waals surface area contributed by atoms with E-state index in [-0.39, 0.29) is 30.2 Å². The molecule has 1 aromatic carbocycles. The number of rotatable bonds is 5. The predicted molar refractivity (Wildman–Crippen MR) is 102 cm³/mol. The summed E-state index contributed by atoms with van der Waals surface area (Å²) in [7, 11) is 0. The molecule has 2 aliphatic heterocycles. The largest absolute Gasteiger partial charge is 0.376 e. The molecule has 0 N–H and O–H groups in total. The van der Waals surface area contributed by atoms with Gasteiger partial charge in [-0.05, 0) is 37.1 Å². The van der Waals surface area contributed by atoms with Crippen LogP contribution in [0.1, 0.15) is 19.3 Å². The van der Waals surface area contributed by atoms with E-state index in [0.29, 0.717) is 17.4 Å². The van der Waals surface area contributed by atoms with Gasteiger partial charge < -0.3 is 9.64 Å². The lowest BCUT2D eigenvalue weighted by Crippen LogP contribution is -2.46. The number of carbonyl (C=O) groups excluding carboxylic acids is 1. The monoisotopic (exact) mass is 373 g/mol. The van der Waals surface area contributed by atoms with Gasteiger partial charge in [0.15, 0.2) is 0 Å². The number of hydrogen-bond acceptors (Lipinski definition) is 5. The van der Waals surface area contributed by atoms with Gasteiger partial charge in [0.2, 0.25) is 5.91 Å². The summed E-state index contributed by atoms with van der Waals surface area (Å²) in [5, 5.41) is 0.546. The van der Waals surface area contributed by atoms with E-state index in [2.05, 4.69) is 4.98 Å². The minimum Gasteiger partial charge on any atom is -0.376 e. The molecule has 26 heavy (non-hydrogen) atoms. The van der Waals surface area contributed by atoms with Gasteiger partial charge in [-0.1, -0.05) is 12.1 Å². The molecular formula is C19H23N3O3S. The molecule has 138 valence electrons. The summed E-state index contributed by atoms with van der Waals surface area (Å²) >= 11 is 1.88. The normalized spacial score (nSPS) is 22.8. The van der Waals surface area contributed by atoms with Crippen molar-refractivity contribution < 1.29 is 9.53 Å². The molecule has 4 rings (SSSR count). The summed E-state index contributed by atoms with van der Waals surface area (Å²) < 4.78 is 7.17. The van der Waals surface area contributed by atoms with Crippen molar-refractivity contribution in [3.63, 3.8) is 0 Å². The van der Waals surface area contributed by atoms with E-state index >= 15 is 0 Å². The summed E-state index contributed by atoms with van der Waals surface area (Å²) in [4.78, 5) is 32.0. The first-order valence-electron chi connectivity index (χ1n) is 9.15. The lowest BCUT2D eigenvalue weighted by Gasteiger charge is -2.31. The standard InChI is InChI=1S/C19H23N3O3S/c23-18(11-21-13-20-17-6-2-1-5-16(17)19(21)24)22(14-7-9-26-12-14)10-15-4-3-8-25-15/h1-2,5-6,13-15H,3-4,7-12H2. The first-order chi connectivity index (χ1) is 12.7. The van der Waals surface area contributed by atoms with Gasteiger partial charge in [-0.2, -0.15) is 11.8 Å². The number of carbonyl (C=O) groups is 1. The maximum absolute atomic E-state index is 13.0. The van der Waals surface area contributed by atoms with Crippen LogP contribution in [-0.2, 0) is 16.1 Å². The van der Waals surface area contributed by atoms with E-state index in [0.717, 1.165) is 37.4 Å². The van der Waals surface area contributed by atoms with Gasteiger partial charge in [-0.15, -0.1) is 0 Å². The fourth-order valence-electron chi connectivity index (χ4n) is 3.69. The molecule has 2 saturated heterocycles. The Bertz CT molecular complexity index is 841. The molecule has 7 heteroatoms. The molecule has 0 spiro atoms. The van der Waals surface area contributed by atoms with Crippen LogP contribution in [-0.4, -0.2) is 57.2 Å². The maximum Gasteiger partial charge on any atom is 0.261 e. The van der Waals surface area contributed by atoms with Crippen LogP contribution >= 0.6 is 11.8 Å². The van der Waals surface area contributed by atoms with Gasteiger partial charge in [0.25, 0.3) is 5.56 Å². The molecule has 1 aromatic heterocycles. The topological polar surface area (TPSA) is 64.4 Å². The zero-order valence-corrected chi connectivity index (χ0v) is 15.5. The maximum atomic E-state index is 13.0. The number of amides is 1. The van der Waals surface area contributed by atoms with Crippen LogP contribution in [0.15, 0.2) is 35.4 Å². The highest BCUT2D eigenvalue weighted by Gasteiger charge is 2.30. The van der Waals surface area contributed by atoms with E-state index in [1.165, 1.54) is 10.9 Å². The highest BCUT2D eigenvalue weighted by Crippen LogP contribution is 2.24. The number of ether oxygens (including phenoxy) is 1. The van der Waals surface area contributed by atoms with Crippen LogP contribution in [0.2, 0.25) is 0 Å². The highest BCUT2D eigenvalue weighted by atomic mass is 32.2. The molecule has 2 unspecified atom stereocenters. The van der Waals surface area contributed by atoms with Gasteiger partial charge in [-0.25, -0.2) is 4.98 Å². The SMILES string of the molecule is O=C(Cn1cnc2ccccc2c1=O)N(CC1CCCO1)C1CCSC1. The van der Waals surface area contributed by atoms with Crippen molar-refractivity contribution in [1.82, 2.24) is 14.5 Å². The lowest BCUT2D eigenvalue weighted by atomic mass is 10.1. The summed E-state index contributed by atoms with van der Waals surface area (Å²) in [6, 6.07) is 7.47. The molecule has 3 heterocycles. The molecule has 2 aromatic rings. The average Bonchev–Trinajstić information content (AvgIpc) is 3.36. The second-order valence-electron chi connectivity index (χ2n) is 6.89. The molecule has 0 saturated carbocycles. The number of thioether (sulfide) groups is 1. The fraction of sp³-hybridized carbons (Fsp3) is 0.526. The third-order valence-corrected chi connectivity index (χ3v) is 6.27. The number of para-hydroxylation sites is 1. The van der Waals surface area contributed by atoms with Crippen LogP contribution in [0.4, 0.5) is 0 Å². The van der Waals surface area contributed by atoms with E-state index in [4.69, 9.17) is 4.74 Å².